The second-order valence-corrected chi connectivity index (χ2v) is 8.22. The number of rotatable bonds is 7. The Morgan fingerprint density at radius 1 is 1.24 bits per heavy atom. The Hall–Kier alpha value is -1.89. The Morgan fingerprint density at radius 2 is 1.92 bits per heavy atom. The quantitative estimate of drug-likeness (QED) is 0.743. The zero-order valence-corrected chi connectivity index (χ0v) is 16.0. The van der Waals surface area contributed by atoms with Crippen molar-refractivity contribution < 1.29 is 23.9 Å². The smallest absolute Gasteiger partial charge is 0.341 e. The van der Waals surface area contributed by atoms with E-state index in [4.69, 9.17) is 9.47 Å². The number of carbonyl (C=O) groups excluding carboxylic acids is 3. The fourth-order valence-electron chi connectivity index (χ4n) is 2.36. The van der Waals surface area contributed by atoms with E-state index in [2.05, 4.69) is 5.32 Å². The van der Waals surface area contributed by atoms with Crippen molar-refractivity contribution in [3.8, 4) is 0 Å². The van der Waals surface area contributed by atoms with Gasteiger partial charge in [0, 0.05) is 0 Å². The zero-order chi connectivity index (χ0) is 18.6. The van der Waals surface area contributed by atoms with Crippen LogP contribution >= 0.6 is 11.3 Å². The van der Waals surface area contributed by atoms with Gasteiger partial charge >= 0.3 is 11.9 Å². The van der Waals surface area contributed by atoms with Gasteiger partial charge in [-0.2, -0.15) is 0 Å². The second-order valence-electron chi connectivity index (χ2n) is 7.34. The molecule has 0 radical (unpaired) electrons. The lowest BCUT2D eigenvalue weighted by Gasteiger charge is -2.16. The molecule has 2 rings (SSSR count). The number of esters is 2. The summed E-state index contributed by atoms with van der Waals surface area (Å²) in [5, 5.41) is 5.02. The van der Waals surface area contributed by atoms with Gasteiger partial charge in [0.1, 0.15) is 5.00 Å². The number of thiophene rings is 1. The molecule has 0 saturated heterocycles. The van der Waals surface area contributed by atoms with Crippen molar-refractivity contribution in [2.75, 3.05) is 18.5 Å². The van der Waals surface area contributed by atoms with E-state index in [-0.39, 0.29) is 25.0 Å². The van der Waals surface area contributed by atoms with Crippen LogP contribution in [0.4, 0.5) is 5.00 Å². The van der Waals surface area contributed by atoms with Crippen LogP contribution in [-0.4, -0.2) is 31.1 Å². The van der Waals surface area contributed by atoms with Crippen molar-refractivity contribution in [1.82, 2.24) is 0 Å². The Bertz CT molecular complexity index is 655. The van der Waals surface area contributed by atoms with Gasteiger partial charge in [-0.05, 0) is 42.0 Å². The van der Waals surface area contributed by atoms with Gasteiger partial charge < -0.3 is 14.8 Å². The molecule has 1 saturated carbocycles. The number of anilines is 1. The van der Waals surface area contributed by atoms with Crippen LogP contribution in [0.15, 0.2) is 5.38 Å². The van der Waals surface area contributed by atoms with Gasteiger partial charge in [0.25, 0.3) is 5.91 Å². The number of hydrogen-bond donors (Lipinski definition) is 1. The van der Waals surface area contributed by atoms with Crippen LogP contribution in [0.2, 0.25) is 0 Å². The van der Waals surface area contributed by atoms with Crippen LogP contribution in [0.3, 0.4) is 0 Å². The van der Waals surface area contributed by atoms with Gasteiger partial charge in [0.05, 0.1) is 18.6 Å². The fourth-order valence-corrected chi connectivity index (χ4v) is 3.41. The molecule has 7 heteroatoms. The van der Waals surface area contributed by atoms with Gasteiger partial charge in [-0.3, -0.25) is 9.59 Å². The van der Waals surface area contributed by atoms with E-state index in [1.165, 1.54) is 11.3 Å². The number of hydrogen-bond acceptors (Lipinski definition) is 6. The molecule has 1 aliphatic carbocycles. The lowest BCUT2D eigenvalue weighted by atomic mass is 9.93. The predicted octanol–water partition coefficient (Wildman–Crippen LogP) is 3.72. The maximum absolute atomic E-state index is 12.2. The third-order valence-electron chi connectivity index (χ3n) is 3.61. The van der Waals surface area contributed by atoms with Crippen LogP contribution in [0.5, 0.6) is 0 Å². The Kier molecular flexibility index (Phi) is 6.21. The van der Waals surface area contributed by atoms with Crippen molar-refractivity contribution in [2.24, 2.45) is 5.41 Å². The van der Waals surface area contributed by atoms with Crippen molar-refractivity contribution in [1.29, 1.82) is 0 Å². The first-order valence-corrected chi connectivity index (χ1v) is 9.33. The molecule has 0 aliphatic heterocycles. The predicted molar refractivity (Wildman–Crippen MR) is 95.9 cm³/mol. The van der Waals surface area contributed by atoms with Gasteiger partial charge in [0.2, 0.25) is 0 Å². The Balaban J connectivity index is 1.98. The number of carbonyl (C=O) groups is 3. The molecule has 0 bridgehead atoms. The Labute approximate surface area is 151 Å². The average molecular weight is 367 g/mol. The topological polar surface area (TPSA) is 81.7 Å². The van der Waals surface area contributed by atoms with Crippen molar-refractivity contribution in [3.05, 3.63) is 16.5 Å². The summed E-state index contributed by atoms with van der Waals surface area (Å²) in [6.45, 7) is 7.42. The van der Waals surface area contributed by atoms with E-state index < -0.39 is 17.8 Å². The highest BCUT2D eigenvalue weighted by Gasteiger charge is 2.32. The molecule has 1 amide bonds. The average Bonchev–Trinajstić information content (AvgIpc) is 3.25. The number of ether oxygens (including phenoxy) is 2. The minimum absolute atomic E-state index is 0.197. The summed E-state index contributed by atoms with van der Waals surface area (Å²) in [6.07, 6.45) is 2.32. The van der Waals surface area contributed by atoms with Gasteiger partial charge in [-0.1, -0.05) is 20.8 Å². The van der Waals surface area contributed by atoms with Gasteiger partial charge in [-0.25, -0.2) is 4.79 Å². The molecular weight excluding hydrogens is 342 g/mol. The normalized spacial score (nSPS) is 14.1. The molecule has 1 fully saturated rings. The third-order valence-corrected chi connectivity index (χ3v) is 4.52. The summed E-state index contributed by atoms with van der Waals surface area (Å²) < 4.78 is 10.1. The lowest BCUT2D eigenvalue weighted by Crippen LogP contribution is -2.23. The largest absolute Gasteiger partial charge is 0.462 e. The molecule has 0 spiro atoms. The summed E-state index contributed by atoms with van der Waals surface area (Å²) in [5.41, 5.74) is 1.17. The summed E-state index contributed by atoms with van der Waals surface area (Å²) in [5.74, 6) is -0.938. The molecule has 6 nitrogen and oxygen atoms in total. The molecule has 1 N–H and O–H groups in total. The lowest BCUT2D eigenvalue weighted by molar-refractivity contribution is -0.149. The molecule has 25 heavy (non-hydrogen) atoms. The highest BCUT2D eigenvalue weighted by molar-refractivity contribution is 7.15. The molecule has 1 aromatic rings. The van der Waals surface area contributed by atoms with Crippen molar-refractivity contribution in [3.63, 3.8) is 0 Å². The first-order valence-electron chi connectivity index (χ1n) is 8.45. The highest BCUT2D eigenvalue weighted by atomic mass is 32.1. The summed E-state index contributed by atoms with van der Waals surface area (Å²) in [4.78, 5) is 36.0. The van der Waals surface area contributed by atoms with E-state index in [0.29, 0.717) is 16.5 Å². The molecule has 0 aromatic carbocycles. The minimum atomic E-state index is -0.461. The highest BCUT2D eigenvalue weighted by Crippen LogP contribution is 2.46. The number of nitrogens with one attached hydrogen (secondary N) is 1. The molecule has 1 aromatic heterocycles. The van der Waals surface area contributed by atoms with E-state index >= 15 is 0 Å². The summed E-state index contributed by atoms with van der Waals surface area (Å²) in [7, 11) is 0. The summed E-state index contributed by atoms with van der Waals surface area (Å²) in [6, 6.07) is 0. The SMILES string of the molecule is CCOC(=O)c1c(C2CC2)csc1NC(=O)COC(=O)CC(C)(C)C. The first kappa shape index (κ1) is 19.4. The standard InChI is InChI=1S/C18H25NO5S/c1-5-23-17(22)15-12(11-6-7-11)10-25-16(15)19-13(20)9-24-14(21)8-18(2,3)4/h10-11H,5-9H2,1-4H3,(H,19,20). The number of amides is 1. The fraction of sp³-hybridized carbons (Fsp3) is 0.611. The monoisotopic (exact) mass is 367 g/mol. The first-order chi connectivity index (χ1) is 11.7. The van der Waals surface area contributed by atoms with Crippen LogP contribution in [0.25, 0.3) is 0 Å². The molecule has 1 aliphatic rings. The zero-order valence-electron chi connectivity index (χ0n) is 15.1. The summed E-state index contributed by atoms with van der Waals surface area (Å²) >= 11 is 1.30. The van der Waals surface area contributed by atoms with Crippen LogP contribution in [0.1, 0.15) is 68.8 Å². The van der Waals surface area contributed by atoms with Gasteiger partial charge in [-0.15, -0.1) is 11.3 Å². The molecule has 0 atom stereocenters. The maximum atomic E-state index is 12.2. The van der Waals surface area contributed by atoms with Crippen LogP contribution in [-0.2, 0) is 19.1 Å². The van der Waals surface area contributed by atoms with E-state index in [1.54, 1.807) is 6.92 Å². The third kappa shape index (κ3) is 5.85. The molecule has 138 valence electrons. The maximum Gasteiger partial charge on any atom is 0.341 e. The van der Waals surface area contributed by atoms with E-state index in [0.717, 1.165) is 18.4 Å². The molecular formula is C18H25NO5S. The van der Waals surface area contributed by atoms with Crippen LogP contribution < -0.4 is 5.32 Å². The molecule has 0 unspecified atom stereocenters. The van der Waals surface area contributed by atoms with Crippen molar-refractivity contribution >= 4 is 34.2 Å². The van der Waals surface area contributed by atoms with Gasteiger partial charge in [0.15, 0.2) is 6.61 Å². The van der Waals surface area contributed by atoms with Crippen LogP contribution in [0, 0.1) is 5.41 Å². The minimum Gasteiger partial charge on any atom is -0.462 e. The van der Waals surface area contributed by atoms with E-state index in [9.17, 15) is 14.4 Å². The van der Waals surface area contributed by atoms with E-state index in [1.807, 2.05) is 26.2 Å². The molecule has 1 heterocycles. The van der Waals surface area contributed by atoms with Crippen molar-refractivity contribution in [2.45, 2.75) is 52.9 Å². The second kappa shape index (κ2) is 7.99. The Morgan fingerprint density at radius 3 is 2.48 bits per heavy atom.